The smallest absolute Gasteiger partial charge is 0.225 e. The average Bonchev–Trinajstić information content (AvgIpc) is 2.72. The first-order chi connectivity index (χ1) is 7.52. The molecule has 0 N–H and O–H groups in total. The second-order valence-electron chi connectivity index (χ2n) is 4.12. The van der Waals surface area contributed by atoms with Crippen molar-refractivity contribution in [2.24, 2.45) is 5.92 Å². The van der Waals surface area contributed by atoms with Gasteiger partial charge in [0.2, 0.25) is 5.28 Å². The van der Waals surface area contributed by atoms with Gasteiger partial charge in [0.25, 0.3) is 0 Å². The molecule has 1 atom stereocenters. The molecule has 0 spiro atoms. The van der Waals surface area contributed by atoms with E-state index in [2.05, 4.69) is 10.2 Å². The quantitative estimate of drug-likeness (QED) is 0.814. The summed E-state index contributed by atoms with van der Waals surface area (Å²) in [6, 6.07) is 0. The van der Waals surface area contributed by atoms with E-state index >= 15 is 0 Å². The topological polar surface area (TPSA) is 64.8 Å². The lowest BCUT2D eigenvalue weighted by Crippen LogP contribution is -2.14. The molecule has 0 aliphatic carbocycles. The van der Waals surface area contributed by atoms with Crippen molar-refractivity contribution in [2.45, 2.75) is 26.3 Å². The Hall–Kier alpha value is -0.620. The molecule has 1 saturated heterocycles. The number of aryl methyl sites for hydroxylation is 1. The summed E-state index contributed by atoms with van der Waals surface area (Å²) in [4.78, 5) is 0. The third-order valence-corrected chi connectivity index (χ3v) is 4.98. The first-order valence-corrected chi connectivity index (χ1v) is 7.50. The van der Waals surface area contributed by atoms with Gasteiger partial charge in [-0.25, -0.2) is 8.42 Å². The van der Waals surface area contributed by atoms with Gasteiger partial charge in [0.15, 0.2) is 9.84 Å². The van der Waals surface area contributed by atoms with Crippen LogP contribution in [0.1, 0.15) is 19.2 Å². The summed E-state index contributed by atoms with van der Waals surface area (Å²) in [7, 11) is -2.83. The fourth-order valence-electron chi connectivity index (χ4n) is 2.03. The first-order valence-electron chi connectivity index (χ1n) is 5.30. The van der Waals surface area contributed by atoms with E-state index in [0.29, 0.717) is 24.0 Å². The monoisotopic (exact) mass is 263 g/mol. The van der Waals surface area contributed by atoms with E-state index in [-0.39, 0.29) is 11.7 Å². The van der Waals surface area contributed by atoms with Crippen molar-refractivity contribution in [1.29, 1.82) is 0 Å². The number of aromatic nitrogens is 3. The number of sulfone groups is 1. The second kappa shape index (κ2) is 4.33. The minimum absolute atomic E-state index is 0.142. The minimum Gasteiger partial charge on any atom is -0.301 e. The standard InChI is InChI=1S/C9H14ClN3O2S/c1-2-8-11-12-9(10)13(8)5-7-3-4-16(14,15)6-7/h7H,2-6H2,1H3. The van der Waals surface area contributed by atoms with Gasteiger partial charge in [0, 0.05) is 13.0 Å². The number of halogens is 1. The van der Waals surface area contributed by atoms with Crippen LogP contribution in [-0.4, -0.2) is 34.7 Å². The molecule has 0 saturated carbocycles. The van der Waals surface area contributed by atoms with Crippen LogP contribution in [0.3, 0.4) is 0 Å². The van der Waals surface area contributed by atoms with E-state index in [0.717, 1.165) is 12.2 Å². The zero-order chi connectivity index (χ0) is 11.8. The third-order valence-electron chi connectivity index (χ3n) is 2.87. The molecule has 0 aromatic carbocycles. The van der Waals surface area contributed by atoms with Crippen molar-refractivity contribution in [3.8, 4) is 0 Å². The van der Waals surface area contributed by atoms with Gasteiger partial charge < -0.3 is 4.57 Å². The van der Waals surface area contributed by atoms with Gasteiger partial charge in [-0.1, -0.05) is 6.92 Å². The maximum atomic E-state index is 11.3. The summed E-state index contributed by atoms with van der Waals surface area (Å²) in [5, 5.41) is 8.09. The molecule has 1 unspecified atom stereocenters. The Kier molecular flexibility index (Phi) is 3.21. The van der Waals surface area contributed by atoms with E-state index in [9.17, 15) is 8.42 Å². The van der Waals surface area contributed by atoms with Gasteiger partial charge in [-0.2, -0.15) is 0 Å². The highest BCUT2D eigenvalue weighted by atomic mass is 35.5. The Morgan fingerprint density at radius 3 is 2.81 bits per heavy atom. The summed E-state index contributed by atoms with van der Waals surface area (Å²) in [6.07, 6.45) is 1.46. The molecule has 90 valence electrons. The van der Waals surface area contributed by atoms with E-state index in [1.807, 2.05) is 11.5 Å². The second-order valence-corrected chi connectivity index (χ2v) is 6.69. The van der Waals surface area contributed by atoms with E-state index in [1.165, 1.54) is 0 Å². The van der Waals surface area contributed by atoms with Crippen molar-refractivity contribution < 1.29 is 8.42 Å². The van der Waals surface area contributed by atoms with E-state index in [4.69, 9.17) is 11.6 Å². The van der Waals surface area contributed by atoms with Gasteiger partial charge in [0.1, 0.15) is 5.82 Å². The third kappa shape index (κ3) is 2.38. The average molecular weight is 264 g/mol. The van der Waals surface area contributed by atoms with Crippen LogP contribution in [0.4, 0.5) is 0 Å². The van der Waals surface area contributed by atoms with Crippen LogP contribution in [0, 0.1) is 5.92 Å². The molecule has 7 heteroatoms. The van der Waals surface area contributed by atoms with Crippen LogP contribution in [-0.2, 0) is 22.8 Å². The largest absolute Gasteiger partial charge is 0.301 e. The van der Waals surface area contributed by atoms with Crippen molar-refractivity contribution in [1.82, 2.24) is 14.8 Å². The molecule has 1 aromatic rings. The molecular weight excluding hydrogens is 250 g/mol. The molecule has 0 bridgehead atoms. The summed E-state index contributed by atoms with van der Waals surface area (Å²) >= 11 is 5.91. The molecule has 1 aliphatic heterocycles. The van der Waals surface area contributed by atoms with Crippen LogP contribution < -0.4 is 0 Å². The minimum atomic E-state index is -2.83. The fourth-order valence-corrected chi connectivity index (χ4v) is 4.08. The SMILES string of the molecule is CCc1nnc(Cl)n1CC1CCS(=O)(=O)C1. The van der Waals surface area contributed by atoms with E-state index in [1.54, 1.807) is 0 Å². The van der Waals surface area contributed by atoms with Crippen LogP contribution in [0.5, 0.6) is 0 Å². The van der Waals surface area contributed by atoms with Crippen LogP contribution in [0.25, 0.3) is 0 Å². The van der Waals surface area contributed by atoms with Crippen LogP contribution in [0.15, 0.2) is 0 Å². The van der Waals surface area contributed by atoms with Crippen molar-refractivity contribution >= 4 is 21.4 Å². The molecule has 2 rings (SSSR count). The maximum Gasteiger partial charge on any atom is 0.225 e. The highest BCUT2D eigenvalue weighted by Crippen LogP contribution is 2.22. The Morgan fingerprint density at radius 1 is 1.50 bits per heavy atom. The van der Waals surface area contributed by atoms with Crippen molar-refractivity contribution in [3.63, 3.8) is 0 Å². The first kappa shape index (κ1) is 11.9. The molecule has 0 amide bonds. The van der Waals surface area contributed by atoms with Gasteiger partial charge in [0.05, 0.1) is 11.5 Å². The lowest BCUT2D eigenvalue weighted by Gasteiger charge is -2.10. The van der Waals surface area contributed by atoms with Crippen LogP contribution >= 0.6 is 11.6 Å². The van der Waals surface area contributed by atoms with Gasteiger partial charge in [-0.15, -0.1) is 10.2 Å². The molecule has 1 aromatic heterocycles. The predicted octanol–water partition coefficient (Wildman–Crippen LogP) is 0.929. The predicted molar refractivity (Wildman–Crippen MR) is 61.2 cm³/mol. The number of rotatable bonds is 3. The Bertz CT molecular complexity index is 483. The van der Waals surface area contributed by atoms with Gasteiger partial charge in [-0.05, 0) is 23.9 Å². The molecule has 0 radical (unpaired) electrons. The number of nitrogens with zero attached hydrogens (tertiary/aromatic N) is 3. The normalized spacial score (nSPS) is 23.8. The molecule has 1 aliphatic rings. The van der Waals surface area contributed by atoms with Crippen molar-refractivity contribution in [2.75, 3.05) is 11.5 Å². The van der Waals surface area contributed by atoms with Crippen molar-refractivity contribution in [3.05, 3.63) is 11.1 Å². The van der Waals surface area contributed by atoms with Gasteiger partial charge >= 0.3 is 0 Å². The van der Waals surface area contributed by atoms with Gasteiger partial charge in [-0.3, -0.25) is 0 Å². The summed E-state index contributed by atoms with van der Waals surface area (Å²) in [5.74, 6) is 1.50. The lowest BCUT2D eigenvalue weighted by molar-refractivity contribution is 0.479. The summed E-state index contributed by atoms with van der Waals surface area (Å²) in [5.41, 5.74) is 0. The number of hydrogen-bond donors (Lipinski definition) is 0. The Balaban J connectivity index is 2.13. The number of hydrogen-bond acceptors (Lipinski definition) is 4. The molecule has 16 heavy (non-hydrogen) atoms. The van der Waals surface area contributed by atoms with E-state index < -0.39 is 9.84 Å². The Labute approximate surface area is 99.7 Å². The molecule has 2 heterocycles. The summed E-state index contributed by atoms with van der Waals surface area (Å²) in [6.45, 7) is 2.58. The lowest BCUT2D eigenvalue weighted by atomic mass is 10.1. The Morgan fingerprint density at radius 2 is 2.25 bits per heavy atom. The highest BCUT2D eigenvalue weighted by molar-refractivity contribution is 7.91. The summed E-state index contributed by atoms with van der Waals surface area (Å²) < 4.78 is 24.5. The maximum absolute atomic E-state index is 11.3. The molecular formula is C9H14ClN3O2S. The highest BCUT2D eigenvalue weighted by Gasteiger charge is 2.29. The molecule has 1 fully saturated rings. The zero-order valence-corrected chi connectivity index (χ0v) is 10.6. The molecule has 5 nitrogen and oxygen atoms in total. The fraction of sp³-hybridized carbons (Fsp3) is 0.778. The zero-order valence-electron chi connectivity index (χ0n) is 9.06. The van der Waals surface area contributed by atoms with Crippen LogP contribution in [0.2, 0.25) is 5.28 Å².